The lowest BCUT2D eigenvalue weighted by atomic mass is 10.1. The molecule has 15 nitrogen and oxygen atoms in total. The molecule has 0 aliphatic rings. The number of aliphatic hydroxyl groups excluding tert-OH is 2. The maximum absolute atomic E-state index is 12.6. The highest BCUT2D eigenvalue weighted by atomic mass is 16.4. The Morgan fingerprint density at radius 3 is 1.85 bits per heavy atom. The Morgan fingerprint density at radius 2 is 1.33 bits per heavy atom. The molecular formula is C18H36N8O7. The summed E-state index contributed by atoms with van der Waals surface area (Å²) in [6.07, 6.45) is 1.84. The summed E-state index contributed by atoms with van der Waals surface area (Å²) in [7, 11) is 0. The normalized spacial score (nSPS) is 14.3. The van der Waals surface area contributed by atoms with E-state index in [4.69, 9.17) is 33.1 Å². The van der Waals surface area contributed by atoms with Crippen LogP contribution in [0.3, 0.4) is 0 Å². The lowest BCUT2D eigenvalue weighted by molar-refractivity contribution is -0.143. The van der Waals surface area contributed by atoms with E-state index in [2.05, 4.69) is 20.9 Å². The Balaban J connectivity index is 5.19. The summed E-state index contributed by atoms with van der Waals surface area (Å²) < 4.78 is 0. The van der Waals surface area contributed by atoms with Gasteiger partial charge in [0.05, 0.1) is 19.3 Å². The van der Waals surface area contributed by atoms with Gasteiger partial charge in [0.15, 0.2) is 5.96 Å². The Labute approximate surface area is 191 Å². The number of aliphatic imine (C=N–C) groups is 1. The van der Waals surface area contributed by atoms with Gasteiger partial charge in [0, 0.05) is 6.54 Å². The number of aliphatic hydroxyl groups is 2. The van der Waals surface area contributed by atoms with Crippen molar-refractivity contribution in [1.29, 1.82) is 0 Å². The molecule has 33 heavy (non-hydrogen) atoms. The first-order chi connectivity index (χ1) is 15.6. The lowest BCUT2D eigenvalue weighted by Gasteiger charge is -2.24. The van der Waals surface area contributed by atoms with E-state index >= 15 is 0 Å². The van der Waals surface area contributed by atoms with E-state index in [9.17, 15) is 24.3 Å². The van der Waals surface area contributed by atoms with Gasteiger partial charge >= 0.3 is 5.97 Å². The van der Waals surface area contributed by atoms with Gasteiger partial charge in [0.25, 0.3) is 0 Å². The van der Waals surface area contributed by atoms with Crippen LogP contribution in [0.25, 0.3) is 0 Å². The third-order valence-corrected chi connectivity index (χ3v) is 4.50. The van der Waals surface area contributed by atoms with Crippen LogP contribution in [0.1, 0.15) is 32.1 Å². The van der Waals surface area contributed by atoms with Crippen molar-refractivity contribution >= 4 is 29.7 Å². The van der Waals surface area contributed by atoms with Gasteiger partial charge in [-0.3, -0.25) is 19.4 Å². The maximum atomic E-state index is 12.6. The van der Waals surface area contributed by atoms with E-state index in [1.54, 1.807) is 0 Å². The van der Waals surface area contributed by atoms with Crippen LogP contribution in [0.15, 0.2) is 4.99 Å². The number of rotatable bonds is 17. The quantitative estimate of drug-likeness (QED) is 0.0538. The van der Waals surface area contributed by atoms with Crippen molar-refractivity contribution in [2.45, 2.75) is 56.3 Å². The summed E-state index contributed by atoms with van der Waals surface area (Å²) in [5, 5.41) is 34.4. The highest BCUT2D eigenvalue weighted by molar-refractivity contribution is 5.94. The Morgan fingerprint density at radius 1 is 0.788 bits per heavy atom. The van der Waals surface area contributed by atoms with E-state index < -0.39 is 61.1 Å². The van der Waals surface area contributed by atoms with Crippen molar-refractivity contribution in [2.75, 3.05) is 26.3 Å². The minimum Gasteiger partial charge on any atom is -0.480 e. The van der Waals surface area contributed by atoms with Gasteiger partial charge in [-0.2, -0.15) is 0 Å². The number of nitrogens with two attached hydrogens (primary N) is 4. The van der Waals surface area contributed by atoms with Crippen molar-refractivity contribution in [3.05, 3.63) is 0 Å². The van der Waals surface area contributed by atoms with Crippen LogP contribution in [0.4, 0.5) is 0 Å². The van der Waals surface area contributed by atoms with Crippen LogP contribution in [0, 0.1) is 0 Å². The topological polar surface area (TPSA) is 282 Å². The van der Waals surface area contributed by atoms with E-state index in [1.807, 2.05) is 0 Å². The van der Waals surface area contributed by atoms with Gasteiger partial charge in [-0.25, -0.2) is 4.79 Å². The molecule has 15 heteroatoms. The predicted octanol–water partition coefficient (Wildman–Crippen LogP) is -4.98. The Bertz CT molecular complexity index is 672. The monoisotopic (exact) mass is 476 g/mol. The third-order valence-electron chi connectivity index (χ3n) is 4.50. The molecule has 3 amide bonds. The number of unbranched alkanes of at least 4 members (excludes halogenated alkanes) is 1. The van der Waals surface area contributed by atoms with Gasteiger partial charge in [-0.15, -0.1) is 0 Å². The molecule has 0 saturated heterocycles. The molecule has 0 heterocycles. The standard InChI is InChI=1S/C18H36N8O7/c19-6-2-1-4-10(20)14(29)25-12(8-27)16(31)24-11(5-3-7-23-18(21)22)15(30)26-13(9-28)17(32)33/h10-13,27-28H,1-9,19-20H2,(H,24,31)(H,25,29)(H,26,30)(H,32,33)(H4,21,22,23). The van der Waals surface area contributed by atoms with Crippen LogP contribution in [-0.2, 0) is 19.2 Å². The first-order valence-electron chi connectivity index (χ1n) is 10.4. The van der Waals surface area contributed by atoms with Crippen molar-refractivity contribution in [1.82, 2.24) is 16.0 Å². The number of aliphatic carboxylic acids is 1. The summed E-state index contributed by atoms with van der Waals surface area (Å²) in [6, 6.07) is -5.17. The average Bonchev–Trinajstić information content (AvgIpc) is 2.76. The van der Waals surface area contributed by atoms with Gasteiger partial charge in [0.2, 0.25) is 17.7 Å². The number of carbonyl (C=O) groups excluding carboxylic acids is 3. The smallest absolute Gasteiger partial charge is 0.328 e. The van der Waals surface area contributed by atoms with Gasteiger partial charge in [0.1, 0.15) is 18.1 Å². The molecule has 4 atom stereocenters. The molecule has 0 aromatic rings. The second-order valence-electron chi connectivity index (χ2n) is 7.23. The highest BCUT2D eigenvalue weighted by Crippen LogP contribution is 2.02. The molecule has 0 aliphatic carbocycles. The number of carboxylic acid groups (broad SMARTS) is 1. The van der Waals surface area contributed by atoms with Crippen molar-refractivity contribution in [2.24, 2.45) is 27.9 Å². The number of hydrogen-bond acceptors (Lipinski definition) is 9. The van der Waals surface area contributed by atoms with Gasteiger partial charge < -0.3 is 54.2 Å². The van der Waals surface area contributed by atoms with Crippen molar-refractivity contribution in [3.8, 4) is 0 Å². The molecule has 0 aromatic heterocycles. The zero-order valence-corrected chi connectivity index (χ0v) is 18.4. The van der Waals surface area contributed by atoms with Gasteiger partial charge in [-0.1, -0.05) is 6.42 Å². The van der Waals surface area contributed by atoms with E-state index in [0.717, 1.165) is 0 Å². The zero-order chi connectivity index (χ0) is 25.4. The highest BCUT2D eigenvalue weighted by Gasteiger charge is 2.29. The van der Waals surface area contributed by atoms with Crippen LogP contribution in [-0.4, -0.2) is 95.4 Å². The van der Waals surface area contributed by atoms with Crippen LogP contribution >= 0.6 is 0 Å². The lowest BCUT2D eigenvalue weighted by Crippen LogP contribution is -2.58. The van der Waals surface area contributed by atoms with Crippen LogP contribution < -0.4 is 38.9 Å². The number of amides is 3. The summed E-state index contributed by atoms with van der Waals surface area (Å²) in [6.45, 7) is -1.07. The molecule has 0 bridgehead atoms. The van der Waals surface area contributed by atoms with Crippen LogP contribution in [0.5, 0.6) is 0 Å². The van der Waals surface area contributed by atoms with E-state index in [1.165, 1.54) is 0 Å². The summed E-state index contributed by atoms with van der Waals surface area (Å²) in [5.41, 5.74) is 21.6. The second-order valence-corrected chi connectivity index (χ2v) is 7.23. The van der Waals surface area contributed by atoms with Crippen molar-refractivity contribution < 1.29 is 34.5 Å². The number of nitrogens with zero attached hydrogens (tertiary/aromatic N) is 1. The number of carboxylic acids is 1. The first kappa shape index (κ1) is 30.0. The molecule has 14 N–H and O–H groups in total. The minimum absolute atomic E-state index is 0.00316. The molecule has 0 spiro atoms. The number of guanidine groups is 1. The fourth-order valence-corrected chi connectivity index (χ4v) is 2.62. The average molecular weight is 477 g/mol. The molecule has 0 saturated carbocycles. The molecule has 0 rings (SSSR count). The maximum Gasteiger partial charge on any atom is 0.328 e. The molecular weight excluding hydrogens is 440 g/mol. The molecule has 190 valence electrons. The fourth-order valence-electron chi connectivity index (χ4n) is 2.62. The predicted molar refractivity (Wildman–Crippen MR) is 118 cm³/mol. The molecule has 0 aromatic carbocycles. The zero-order valence-electron chi connectivity index (χ0n) is 18.4. The van der Waals surface area contributed by atoms with E-state index in [-0.39, 0.29) is 25.3 Å². The SMILES string of the molecule is NCCCCC(N)C(=O)NC(CO)C(=O)NC(CCCN=C(N)N)C(=O)NC(CO)C(=O)O. The Kier molecular flexibility index (Phi) is 15.1. The number of nitrogens with one attached hydrogen (secondary N) is 3. The minimum atomic E-state index is -1.59. The fraction of sp³-hybridized carbons (Fsp3) is 0.722. The van der Waals surface area contributed by atoms with Crippen LogP contribution in [0.2, 0.25) is 0 Å². The summed E-state index contributed by atoms with van der Waals surface area (Å²) in [4.78, 5) is 52.1. The largest absolute Gasteiger partial charge is 0.480 e. The second kappa shape index (κ2) is 16.6. The Hall–Kier alpha value is -3.01. The van der Waals surface area contributed by atoms with E-state index in [0.29, 0.717) is 25.8 Å². The molecule has 0 radical (unpaired) electrons. The number of carbonyl (C=O) groups is 4. The summed E-state index contributed by atoms with van der Waals surface area (Å²) >= 11 is 0. The first-order valence-corrected chi connectivity index (χ1v) is 10.4. The molecule has 0 fully saturated rings. The van der Waals surface area contributed by atoms with Crippen molar-refractivity contribution in [3.63, 3.8) is 0 Å². The molecule has 0 aliphatic heterocycles. The third kappa shape index (κ3) is 12.6. The van der Waals surface area contributed by atoms with Gasteiger partial charge in [-0.05, 0) is 32.2 Å². The number of hydrogen-bond donors (Lipinski definition) is 10. The molecule has 4 unspecified atom stereocenters. The summed E-state index contributed by atoms with van der Waals surface area (Å²) in [5.74, 6) is -4.09.